The number of esters is 1. The zero-order valence-electron chi connectivity index (χ0n) is 12.8. The van der Waals surface area contributed by atoms with Gasteiger partial charge >= 0.3 is 5.97 Å². The van der Waals surface area contributed by atoms with Gasteiger partial charge in [0, 0.05) is 0 Å². The summed E-state index contributed by atoms with van der Waals surface area (Å²) in [5.74, 6) is -0.183. The highest BCUT2D eigenvalue weighted by molar-refractivity contribution is 8.01. The average Bonchev–Trinajstić information content (AvgIpc) is 3.02. The molecule has 0 aliphatic rings. The summed E-state index contributed by atoms with van der Waals surface area (Å²) in [6, 6.07) is 6.89. The first kappa shape index (κ1) is 18.5. The molecule has 0 spiro atoms. The molecule has 1 heterocycles. The molecule has 1 amide bonds. The maximum atomic E-state index is 12.1. The van der Waals surface area contributed by atoms with E-state index >= 15 is 0 Å². The van der Waals surface area contributed by atoms with Crippen LogP contribution in [0, 0.1) is 0 Å². The fourth-order valence-corrected chi connectivity index (χ4v) is 3.26. The van der Waals surface area contributed by atoms with Gasteiger partial charge in [0.25, 0.3) is 5.91 Å². The first-order chi connectivity index (χ1) is 11.5. The molecule has 0 fully saturated rings. The number of nitrogens with zero attached hydrogens (tertiary/aromatic N) is 2. The smallest absolute Gasteiger partial charge is 0.316 e. The Bertz CT molecular complexity index is 726. The zero-order valence-corrected chi connectivity index (χ0v) is 15.2. The number of amides is 1. The predicted octanol–water partition coefficient (Wildman–Crippen LogP) is 2.86. The molecule has 1 atom stereocenters. The SMILES string of the molecule is COC(=O)CSc1nnc(NC(=O)[C@H](C)Oc2ccccc2Cl)s1. The second-order valence-corrected chi connectivity index (χ2v) is 7.02. The van der Waals surface area contributed by atoms with E-state index in [4.69, 9.17) is 16.3 Å². The van der Waals surface area contributed by atoms with Crippen molar-refractivity contribution in [2.45, 2.75) is 17.4 Å². The number of rotatable bonds is 7. The number of para-hydroxylation sites is 1. The molecule has 0 aliphatic carbocycles. The largest absolute Gasteiger partial charge is 0.479 e. The van der Waals surface area contributed by atoms with Crippen molar-refractivity contribution in [3.05, 3.63) is 29.3 Å². The maximum Gasteiger partial charge on any atom is 0.316 e. The molecular weight excluding hydrogens is 374 g/mol. The molecule has 2 aromatic rings. The fourth-order valence-electron chi connectivity index (χ4n) is 1.49. The summed E-state index contributed by atoms with van der Waals surface area (Å²) in [6.45, 7) is 1.60. The normalized spacial score (nSPS) is 11.6. The van der Waals surface area contributed by atoms with Gasteiger partial charge in [0.1, 0.15) is 5.75 Å². The van der Waals surface area contributed by atoms with Crippen LogP contribution in [0.5, 0.6) is 5.75 Å². The standard InChI is InChI=1S/C14H14ClN3O4S2/c1-8(22-10-6-4-3-5-9(10)15)12(20)16-13-17-18-14(24-13)23-7-11(19)21-2/h3-6,8H,7H2,1-2H3,(H,16,17,20)/t8-/m0/s1. The molecule has 0 radical (unpaired) electrons. The van der Waals surface area contributed by atoms with E-state index in [-0.39, 0.29) is 17.6 Å². The number of aromatic nitrogens is 2. The molecule has 1 N–H and O–H groups in total. The highest BCUT2D eigenvalue weighted by Crippen LogP contribution is 2.27. The van der Waals surface area contributed by atoms with Crippen molar-refractivity contribution in [3.8, 4) is 5.75 Å². The van der Waals surface area contributed by atoms with Crippen molar-refractivity contribution < 1.29 is 19.1 Å². The highest BCUT2D eigenvalue weighted by Gasteiger charge is 2.18. The van der Waals surface area contributed by atoms with Gasteiger partial charge < -0.3 is 9.47 Å². The Morgan fingerprint density at radius 2 is 2.12 bits per heavy atom. The number of carbonyl (C=O) groups is 2. The van der Waals surface area contributed by atoms with Crippen LogP contribution < -0.4 is 10.1 Å². The van der Waals surface area contributed by atoms with Crippen LogP contribution in [0.4, 0.5) is 5.13 Å². The van der Waals surface area contributed by atoms with Crippen molar-refractivity contribution in [1.29, 1.82) is 0 Å². The van der Waals surface area contributed by atoms with E-state index in [1.54, 1.807) is 31.2 Å². The average molecular weight is 388 g/mol. The second kappa shape index (κ2) is 8.86. The van der Waals surface area contributed by atoms with Gasteiger partial charge in [-0.2, -0.15) is 0 Å². The van der Waals surface area contributed by atoms with E-state index in [1.165, 1.54) is 18.9 Å². The van der Waals surface area contributed by atoms with Crippen LogP contribution >= 0.6 is 34.7 Å². The summed E-state index contributed by atoms with van der Waals surface area (Å²) in [7, 11) is 1.31. The molecule has 2 rings (SSSR count). The molecule has 10 heteroatoms. The number of thioether (sulfide) groups is 1. The lowest BCUT2D eigenvalue weighted by molar-refractivity contribution is -0.137. The van der Waals surface area contributed by atoms with Gasteiger partial charge in [-0.05, 0) is 19.1 Å². The molecule has 0 bridgehead atoms. The number of anilines is 1. The summed E-state index contributed by atoms with van der Waals surface area (Å²) >= 11 is 8.34. The Balaban J connectivity index is 1.88. The van der Waals surface area contributed by atoms with Crippen LogP contribution in [0.25, 0.3) is 0 Å². The fraction of sp³-hybridized carbons (Fsp3) is 0.286. The number of hydrogen-bond acceptors (Lipinski definition) is 8. The van der Waals surface area contributed by atoms with E-state index < -0.39 is 6.10 Å². The highest BCUT2D eigenvalue weighted by atomic mass is 35.5. The van der Waals surface area contributed by atoms with E-state index in [9.17, 15) is 9.59 Å². The first-order valence-corrected chi connectivity index (χ1v) is 8.92. The zero-order chi connectivity index (χ0) is 17.5. The molecule has 1 aromatic heterocycles. The monoisotopic (exact) mass is 387 g/mol. The molecule has 24 heavy (non-hydrogen) atoms. The summed E-state index contributed by atoms with van der Waals surface area (Å²) in [5, 5.41) is 11.1. The van der Waals surface area contributed by atoms with E-state index in [1.807, 2.05) is 0 Å². The maximum absolute atomic E-state index is 12.1. The summed E-state index contributed by atoms with van der Waals surface area (Å²) in [5.41, 5.74) is 0. The Labute approximate surface area is 151 Å². The quantitative estimate of drug-likeness (QED) is 0.443. The van der Waals surface area contributed by atoms with Crippen LogP contribution in [0.3, 0.4) is 0 Å². The predicted molar refractivity (Wildman–Crippen MR) is 92.8 cm³/mol. The third kappa shape index (κ3) is 5.36. The summed E-state index contributed by atoms with van der Waals surface area (Å²) in [6.07, 6.45) is -0.764. The third-order valence-corrected chi connectivity index (χ3v) is 4.95. The molecule has 1 aromatic carbocycles. The number of hydrogen-bond donors (Lipinski definition) is 1. The van der Waals surface area contributed by atoms with Crippen molar-refractivity contribution in [2.24, 2.45) is 0 Å². The van der Waals surface area contributed by atoms with E-state index in [0.717, 1.165) is 11.3 Å². The van der Waals surface area contributed by atoms with Gasteiger partial charge in [0.15, 0.2) is 10.4 Å². The van der Waals surface area contributed by atoms with Crippen LogP contribution in [-0.4, -0.2) is 41.0 Å². The summed E-state index contributed by atoms with van der Waals surface area (Å²) in [4.78, 5) is 23.2. The minimum absolute atomic E-state index is 0.130. The van der Waals surface area contributed by atoms with Crippen LogP contribution in [0.2, 0.25) is 5.02 Å². The minimum Gasteiger partial charge on any atom is -0.479 e. The number of benzene rings is 1. The molecule has 0 saturated heterocycles. The third-order valence-electron chi connectivity index (χ3n) is 2.69. The van der Waals surface area contributed by atoms with Crippen molar-refractivity contribution in [1.82, 2.24) is 10.2 Å². The van der Waals surface area contributed by atoms with Crippen molar-refractivity contribution >= 4 is 51.7 Å². The van der Waals surface area contributed by atoms with Crippen molar-refractivity contribution in [2.75, 3.05) is 18.2 Å². The Hall–Kier alpha value is -1.84. The molecule has 0 aliphatic heterocycles. The lowest BCUT2D eigenvalue weighted by Crippen LogP contribution is -2.30. The number of halogens is 1. The van der Waals surface area contributed by atoms with Gasteiger partial charge in [-0.25, -0.2) is 0 Å². The number of nitrogens with one attached hydrogen (secondary N) is 1. The summed E-state index contributed by atoms with van der Waals surface area (Å²) < 4.78 is 10.6. The van der Waals surface area contributed by atoms with Gasteiger partial charge in [-0.3, -0.25) is 14.9 Å². The van der Waals surface area contributed by atoms with Crippen LogP contribution in [-0.2, 0) is 14.3 Å². The van der Waals surface area contributed by atoms with Gasteiger partial charge in [-0.15, -0.1) is 10.2 Å². The second-order valence-electron chi connectivity index (χ2n) is 4.42. The molecule has 0 saturated carbocycles. The first-order valence-electron chi connectivity index (χ1n) is 6.74. The number of ether oxygens (including phenoxy) is 2. The molecule has 7 nitrogen and oxygen atoms in total. The van der Waals surface area contributed by atoms with Gasteiger partial charge in [0.05, 0.1) is 17.9 Å². The Morgan fingerprint density at radius 1 is 1.38 bits per heavy atom. The Morgan fingerprint density at radius 3 is 2.83 bits per heavy atom. The van der Waals surface area contributed by atoms with E-state index in [2.05, 4.69) is 20.3 Å². The molecule has 0 unspecified atom stereocenters. The Kier molecular flexibility index (Phi) is 6.83. The van der Waals surface area contributed by atoms with Crippen molar-refractivity contribution in [3.63, 3.8) is 0 Å². The number of methoxy groups -OCH3 is 1. The topological polar surface area (TPSA) is 90.4 Å². The number of carbonyl (C=O) groups excluding carboxylic acids is 2. The van der Waals surface area contributed by atoms with E-state index in [0.29, 0.717) is 20.2 Å². The van der Waals surface area contributed by atoms with Gasteiger partial charge in [-0.1, -0.05) is 46.8 Å². The van der Waals surface area contributed by atoms with Crippen LogP contribution in [0.1, 0.15) is 6.92 Å². The minimum atomic E-state index is -0.764. The van der Waals surface area contributed by atoms with Crippen LogP contribution in [0.15, 0.2) is 28.6 Å². The molecular formula is C14H14ClN3O4S2. The lowest BCUT2D eigenvalue weighted by atomic mass is 10.3. The lowest BCUT2D eigenvalue weighted by Gasteiger charge is -2.14. The van der Waals surface area contributed by atoms with Gasteiger partial charge in [0.2, 0.25) is 5.13 Å². The molecule has 128 valence electrons.